The van der Waals surface area contributed by atoms with Crippen LogP contribution in [0.5, 0.6) is 0 Å². The predicted octanol–water partition coefficient (Wildman–Crippen LogP) is 1.98. The lowest BCUT2D eigenvalue weighted by atomic mass is 9.90. The normalized spacial score (nSPS) is 23.0. The molecule has 1 fully saturated rings. The van der Waals surface area contributed by atoms with Crippen LogP contribution in [0.4, 0.5) is 10.2 Å². The molecule has 1 aliphatic heterocycles. The van der Waals surface area contributed by atoms with Crippen LogP contribution in [0, 0.1) is 12.8 Å². The van der Waals surface area contributed by atoms with E-state index < -0.39 is 6.17 Å². The Balaban J connectivity index is 2.18. The molecule has 0 amide bonds. The van der Waals surface area contributed by atoms with Gasteiger partial charge in [-0.2, -0.15) is 0 Å². The predicted molar refractivity (Wildman–Crippen MR) is 62.8 cm³/mol. The molecule has 0 radical (unpaired) electrons. The van der Waals surface area contributed by atoms with Gasteiger partial charge in [0.2, 0.25) is 0 Å². The third-order valence-corrected chi connectivity index (χ3v) is 3.13. The molecule has 2 atom stereocenters. The topological polar surface area (TPSA) is 50.9 Å². The van der Waals surface area contributed by atoms with E-state index in [4.69, 9.17) is 5.73 Å². The van der Waals surface area contributed by atoms with Gasteiger partial charge in [0.1, 0.15) is 12.0 Å². The second-order valence-corrected chi connectivity index (χ2v) is 4.50. The van der Waals surface area contributed by atoms with Crippen LogP contribution in [0.1, 0.15) is 30.1 Å². The summed E-state index contributed by atoms with van der Waals surface area (Å²) >= 11 is 0. The van der Waals surface area contributed by atoms with Crippen LogP contribution < -0.4 is 11.1 Å². The molecule has 1 saturated heterocycles. The molecule has 0 bridgehead atoms. The van der Waals surface area contributed by atoms with Gasteiger partial charge in [-0.1, -0.05) is 0 Å². The molecule has 0 aliphatic carbocycles. The molecule has 0 spiro atoms. The van der Waals surface area contributed by atoms with Crippen molar-refractivity contribution in [2.45, 2.75) is 25.9 Å². The van der Waals surface area contributed by atoms with Crippen LogP contribution in [0.2, 0.25) is 0 Å². The van der Waals surface area contributed by atoms with Crippen molar-refractivity contribution in [1.82, 2.24) is 10.3 Å². The number of rotatable bonds is 2. The lowest BCUT2D eigenvalue weighted by molar-refractivity contribution is 0.195. The van der Waals surface area contributed by atoms with E-state index in [1.54, 1.807) is 6.20 Å². The molecule has 2 unspecified atom stereocenters. The Morgan fingerprint density at radius 1 is 1.62 bits per heavy atom. The average molecular weight is 223 g/mol. The first kappa shape index (κ1) is 11.3. The lowest BCUT2D eigenvalue weighted by Gasteiger charge is -2.26. The maximum absolute atomic E-state index is 14.3. The monoisotopic (exact) mass is 223 g/mol. The fourth-order valence-corrected chi connectivity index (χ4v) is 2.21. The van der Waals surface area contributed by atoms with E-state index >= 15 is 0 Å². The van der Waals surface area contributed by atoms with Crippen molar-refractivity contribution in [1.29, 1.82) is 0 Å². The van der Waals surface area contributed by atoms with Crippen molar-refractivity contribution in [2.24, 2.45) is 5.92 Å². The third-order valence-electron chi connectivity index (χ3n) is 3.13. The summed E-state index contributed by atoms with van der Waals surface area (Å²) in [6.45, 7) is 3.63. The molecule has 16 heavy (non-hydrogen) atoms. The van der Waals surface area contributed by atoms with E-state index in [-0.39, 0.29) is 5.92 Å². The first-order valence-electron chi connectivity index (χ1n) is 5.75. The van der Waals surface area contributed by atoms with E-state index in [2.05, 4.69) is 10.3 Å². The molecule has 1 aliphatic rings. The highest BCUT2D eigenvalue weighted by molar-refractivity contribution is 5.42. The number of aromatic nitrogens is 1. The third kappa shape index (κ3) is 2.32. The Morgan fingerprint density at radius 3 is 3.12 bits per heavy atom. The molecule has 1 aromatic rings. The minimum absolute atomic E-state index is 0.0275. The molecule has 3 N–H and O–H groups in total. The van der Waals surface area contributed by atoms with Gasteiger partial charge in [0.15, 0.2) is 0 Å². The fraction of sp³-hybridized carbons (Fsp3) is 0.583. The number of piperidine rings is 1. The van der Waals surface area contributed by atoms with Crippen molar-refractivity contribution < 1.29 is 4.39 Å². The number of hydrogen-bond acceptors (Lipinski definition) is 3. The van der Waals surface area contributed by atoms with Crippen LogP contribution in [0.15, 0.2) is 12.3 Å². The largest absolute Gasteiger partial charge is 0.383 e. The van der Waals surface area contributed by atoms with Gasteiger partial charge >= 0.3 is 0 Å². The highest BCUT2D eigenvalue weighted by Crippen LogP contribution is 2.33. The molecule has 1 aromatic heterocycles. The number of anilines is 1. The number of nitrogens with zero attached hydrogens (tertiary/aromatic N) is 1. The number of alkyl halides is 1. The van der Waals surface area contributed by atoms with E-state index in [9.17, 15) is 4.39 Å². The molecule has 0 saturated carbocycles. The van der Waals surface area contributed by atoms with Gasteiger partial charge in [0, 0.05) is 24.2 Å². The zero-order chi connectivity index (χ0) is 11.5. The fourth-order valence-electron chi connectivity index (χ4n) is 2.21. The van der Waals surface area contributed by atoms with E-state index in [0.717, 1.165) is 31.5 Å². The molecular formula is C12H18FN3. The molecule has 4 heteroatoms. The van der Waals surface area contributed by atoms with Crippen molar-refractivity contribution in [3.8, 4) is 0 Å². The Kier molecular flexibility index (Phi) is 3.39. The van der Waals surface area contributed by atoms with Gasteiger partial charge in [-0.15, -0.1) is 0 Å². The summed E-state index contributed by atoms with van der Waals surface area (Å²) in [5, 5.41) is 3.22. The van der Waals surface area contributed by atoms with E-state index in [1.165, 1.54) is 0 Å². The average Bonchev–Trinajstić information content (AvgIpc) is 2.32. The van der Waals surface area contributed by atoms with Gasteiger partial charge in [0.25, 0.3) is 0 Å². The van der Waals surface area contributed by atoms with E-state index in [0.29, 0.717) is 11.4 Å². The van der Waals surface area contributed by atoms with Crippen molar-refractivity contribution >= 4 is 5.82 Å². The second-order valence-electron chi connectivity index (χ2n) is 4.50. The van der Waals surface area contributed by atoms with Crippen molar-refractivity contribution in [3.63, 3.8) is 0 Å². The van der Waals surface area contributed by atoms with Gasteiger partial charge in [-0.05, 0) is 37.9 Å². The molecule has 2 rings (SSSR count). The maximum Gasteiger partial charge on any atom is 0.133 e. The highest BCUT2D eigenvalue weighted by Gasteiger charge is 2.26. The number of nitrogens with two attached hydrogens (primary N) is 1. The van der Waals surface area contributed by atoms with Crippen LogP contribution in [0.3, 0.4) is 0 Å². The molecular weight excluding hydrogens is 205 g/mol. The summed E-state index contributed by atoms with van der Waals surface area (Å²) in [6, 6.07) is 1.81. The maximum atomic E-state index is 14.3. The Bertz CT molecular complexity index is 361. The first-order valence-corrected chi connectivity index (χ1v) is 5.75. The van der Waals surface area contributed by atoms with Crippen LogP contribution in [-0.4, -0.2) is 18.1 Å². The van der Waals surface area contributed by atoms with E-state index in [1.807, 2.05) is 13.0 Å². The SMILES string of the molecule is Cc1cnc(N)c(C(F)C2CCCNC2)c1. The Morgan fingerprint density at radius 2 is 2.44 bits per heavy atom. The Labute approximate surface area is 95.3 Å². The number of hydrogen-bond donors (Lipinski definition) is 2. The minimum atomic E-state index is -1.000. The quantitative estimate of drug-likeness (QED) is 0.806. The summed E-state index contributed by atoms with van der Waals surface area (Å²) in [6.07, 6.45) is 2.62. The summed E-state index contributed by atoms with van der Waals surface area (Å²) in [5.41, 5.74) is 7.23. The first-order chi connectivity index (χ1) is 7.68. The summed E-state index contributed by atoms with van der Waals surface area (Å²) < 4.78 is 14.3. The van der Waals surface area contributed by atoms with Crippen LogP contribution in [0.25, 0.3) is 0 Å². The number of aryl methyl sites for hydroxylation is 1. The zero-order valence-electron chi connectivity index (χ0n) is 9.54. The molecule has 2 heterocycles. The number of halogens is 1. The van der Waals surface area contributed by atoms with Gasteiger partial charge in [-0.25, -0.2) is 9.37 Å². The number of nitrogen functional groups attached to an aromatic ring is 1. The number of nitrogens with one attached hydrogen (secondary N) is 1. The highest BCUT2D eigenvalue weighted by atomic mass is 19.1. The minimum Gasteiger partial charge on any atom is -0.383 e. The zero-order valence-corrected chi connectivity index (χ0v) is 9.54. The van der Waals surface area contributed by atoms with Gasteiger partial charge < -0.3 is 11.1 Å². The molecule has 0 aromatic carbocycles. The lowest BCUT2D eigenvalue weighted by Crippen LogP contribution is -2.32. The van der Waals surface area contributed by atoms with Gasteiger partial charge in [0.05, 0.1) is 0 Å². The second kappa shape index (κ2) is 4.78. The standard InChI is InChI=1S/C12H18FN3/c1-8-5-10(12(14)16-6-8)11(13)9-3-2-4-15-7-9/h5-6,9,11,15H,2-4,7H2,1H3,(H2,14,16). The van der Waals surface area contributed by atoms with Crippen molar-refractivity contribution in [3.05, 3.63) is 23.4 Å². The summed E-state index contributed by atoms with van der Waals surface area (Å²) in [5.74, 6) is 0.350. The summed E-state index contributed by atoms with van der Waals surface area (Å²) in [4.78, 5) is 4.01. The van der Waals surface area contributed by atoms with Crippen LogP contribution >= 0.6 is 0 Å². The number of pyridine rings is 1. The molecule has 88 valence electrons. The van der Waals surface area contributed by atoms with Gasteiger partial charge in [-0.3, -0.25) is 0 Å². The van der Waals surface area contributed by atoms with Crippen molar-refractivity contribution in [2.75, 3.05) is 18.8 Å². The Hall–Kier alpha value is -1.16. The molecule has 3 nitrogen and oxygen atoms in total. The smallest absolute Gasteiger partial charge is 0.133 e. The summed E-state index contributed by atoms with van der Waals surface area (Å²) in [7, 11) is 0. The van der Waals surface area contributed by atoms with Crippen LogP contribution in [-0.2, 0) is 0 Å².